The van der Waals surface area contributed by atoms with E-state index in [-0.39, 0.29) is 22.8 Å². The molecular weight excluding hydrogens is 286 g/mol. The number of rotatable bonds is 8. The smallest absolute Gasteiger partial charge is 0.339 e. The summed E-state index contributed by atoms with van der Waals surface area (Å²) in [5.74, 6) is -1.13. The van der Waals surface area contributed by atoms with E-state index < -0.39 is 16.0 Å². The van der Waals surface area contributed by atoms with Crippen LogP contribution in [0, 0.1) is 0 Å². The zero-order valence-corrected chi connectivity index (χ0v) is 12.1. The third kappa shape index (κ3) is 4.19. The van der Waals surface area contributed by atoms with Crippen molar-refractivity contribution in [2.45, 2.75) is 25.2 Å². The van der Waals surface area contributed by atoms with Crippen LogP contribution in [0.2, 0.25) is 0 Å². The van der Waals surface area contributed by atoms with Gasteiger partial charge in [-0.3, -0.25) is 4.84 Å². The molecule has 0 aliphatic carbocycles. The predicted octanol–water partition coefficient (Wildman–Crippen LogP) is 1.40. The Bertz CT molecular complexity index is 569. The number of carbonyl (C=O) groups is 1. The van der Waals surface area contributed by atoms with Crippen LogP contribution >= 0.6 is 0 Å². The molecule has 7 nitrogen and oxygen atoms in total. The summed E-state index contributed by atoms with van der Waals surface area (Å²) in [6, 6.07) is 3.62. The van der Waals surface area contributed by atoms with Crippen LogP contribution in [0.1, 0.15) is 30.6 Å². The Balaban J connectivity index is 3.13. The van der Waals surface area contributed by atoms with E-state index in [0.717, 1.165) is 6.07 Å². The van der Waals surface area contributed by atoms with E-state index >= 15 is 0 Å². The fraction of sp³-hybridized carbons (Fsp3) is 0.417. The minimum atomic E-state index is -3.91. The molecule has 2 N–H and O–H groups in total. The number of ether oxygens (including phenoxy) is 1. The molecule has 0 radical (unpaired) electrons. The number of nitrogens with one attached hydrogen (secondary N) is 1. The van der Waals surface area contributed by atoms with E-state index in [1.54, 1.807) is 6.92 Å². The Labute approximate surface area is 117 Å². The van der Waals surface area contributed by atoms with Gasteiger partial charge in [-0.2, -0.15) is 0 Å². The zero-order chi connectivity index (χ0) is 15.2. The van der Waals surface area contributed by atoms with E-state index in [0.29, 0.717) is 13.0 Å². The fourth-order valence-corrected chi connectivity index (χ4v) is 2.26. The van der Waals surface area contributed by atoms with Gasteiger partial charge in [-0.15, -0.1) is 0 Å². The Hall–Kier alpha value is -1.64. The lowest BCUT2D eigenvalue weighted by Gasteiger charge is -2.11. The molecule has 0 saturated heterocycles. The maximum Gasteiger partial charge on any atom is 0.339 e. The molecule has 112 valence electrons. The lowest BCUT2D eigenvalue weighted by atomic mass is 10.2. The van der Waals surface area contributed by atoms with E-state index in [2.05, 4.69) is 4.84 Å². The number of benzene rings is 1. The number of hydrogen-bond acceptors (Lipinski definition) is 5. The van der Waals surface area contributed by atoms with E-state index in [1.807, 2.05) is 11.8 Å². The number of sulfonamides is 1. The van der Waals surface area contributed by atoms with Gasteiger partial charge in [0.25, 0.3) is 10.0 Å². The minimum Gasteiger partial charge on any atom is -0.493 e. The normalized spacial score (nSPS) is 11.3. The van der Waals surface area contributed by atoms with Crippen LogP contribution in [0.3, 0.4) is 0 Å². The molecule has 0 saturated carbocycles. The van der Waals surface area contributed by atoms with Crippen molar-refractivity contribution in [3.05, 3.63) is 23.8 Å². The van der Waals surface area contributed by atoms with Gasteiger partial charge in [0.2, 0.25) is 0 Å². The van der Waals surface area contributed by atoms with Crippen LogP contribution in [0.5, 0.6) is 5.75 Å². The second-order valence-electron chi connectivity index (χ2n) is 3.83. The van der Waals surface area contributed by atoms with E-state index in [4.69, 9.17) is 9.84 Å². The Morgan fingerprint density at radius 1 is 1.35 bits per heavy atom. The topological polar surface area (TPSA) is 102 Å². The second kappa shape index (κ2) is 7.22. The van der Waals surface area contributed by atoms with Gasteiger partial charge >= 0.3 is 5.97 Å². The minimum absolute atomic E-state index is 0.134. The summed E-state index contributed by atoms with van der Waals surface area (Å²) in [5.41, 5.74) is -0.210. The highest BCUT2D eigenvalue weighted by molar-refractivity contribution is 7.89. The van der Waals surface area contributed by atoms with Crippen molar-refractivity contribution in [2.24, 2.45) is 0 Å². The van der Waals surface area contributed by atoms with Crippen molar-refractivity contribution in [2.75, 3.05) is 13.2 Å². The first-order valence-electron chi connectivity index (χ1n) is 6.06. The highest BCUT2D eigenvalue weighted by atomic mass is 32.2. The second-order valence-corrected chi connectivity index (χ2v) is 5.48. The molecule has 0 spiro atoms. The van der Waals surface area contributed by atoms with Crippen molar-refractivity contribution in [3.63, 3.8) is 0 Å². The Morgan fingerprint density at radius 2 is 2.05 bits per heavy atom. The number of hydrogen-bond donors (Lipinski definition) is 2. The molecule has 0 aromatic heterocycles. The highest BCUT2D eigenvalue weighted by Crippen LogP contribution is 2.23. The maximum atomic E-state index is 11.8. The van der Waals surface area contributed by atoms with Crippen LogP contribution in [-0.2, 0) is 14.9 Å². The number of aromatic carboxylic acids is 1. The van der Waals surface area contributed by atoms with Crippen LogP contribution in [-0.4, -0.2) is 32.7 Å². The first kappa shape index (κ1) is 16.4. The molecule has 1 aromatic carbocycles. The van der Waals surface area contributed by atoms with Gasteiger partial charge in [0, 0.05) is 0 Å². The van der Waals surface area contributed by atoms with Gasteiger partial charge in [0.15, 0.2) is 0 Å². The summed E-state index contributed by atoms with van der Waals surface area (Å²) < 4.78 is 28.9. The van der Waals surface area contributed by atoms with Crippen molar-refractivity contribution in [1.82, 2.24) is 4.89 Å². The van der Waals surface area contributed by atoms with Crippen molar-refractivity contribution >= 4 is 16.0 Å². The van der Waals surface area contributed by atoms with Gasteiger partial charge < -0.3 is 9.84 Å². The molecule has 0 fully saturated rings. The van der Waals surface area contributed by atoms with Gasteiger partial charge in [-0.1, -0.05) is 11.8 Å². The monoisotopic (exact) mass is 303 g/mol. The molecule has 0 amide bonds. The Kier molecular flexibility index (Phi) is 5.93. The van der Waals surface area contributed by atoms with Gasteiger partial charge in [0.05, 0.1) is 18.1 Å². The summed E-state index contributed by atoms with van der Waals surface area (Å²) in [7, 11) is -3.91. The SMILES string of the molecule is CCCOc1ccc(S(=O)(=O)NOCC)cc1C(=O)O. The van der Waals surface area contributed by atoms with Crippen molar-refractivity contribution in [1.29, 1.82) is 0 Å². The van der Waals surface area contributed by atoms with Gasteiger partial charge in [-0.25, -0.2) is 13.2 Å². The molecule has 0 aliphatic rings. The molecule has 0 aliphatic heterocycles. The third-order valence-electron chi connectivity index (χ3n) is 2.27. The molecule has 1 rings (SSSR count). The quantitative estimate of drug-likeness (QED) is 0.704. The predicted molar refractivity (Wildman–Crippen MR) is 71.1 cm³/mol. The van der Waals surface area contributed by atoms with Crippen molar-refractivity contribution < 1.29 is 27.9 Å². The lowest BCUT2D eigenvalue weighted by Crippen LogP contribution is -2.24. The summed E-state index contributed by atoms with van der Waals surface area (Å²) in [5, 5.41) is 9.10. The summed E-state index contributed by atoms with van der Waals surface area (Å²) in [6.45, 7) is 4.00. The van der Waals surface area contributed by atoms with E-state index in [1.165, 1.54) is 12.1 Å². The first-order chi connectivity index (χ1) is 9.42. The van der Waals surface area contributed by atoms with Gasteiger partial charge in [-0.05, 0) is 31.5 Å². The largest absolute Gasteiger partial charge is 0.493 e. The highest BCUT2D eigenvalue weighted by Gasteiger charge is 2.19. The summed E-state index contributed by atoms with van der Waals surface area (Å²) in [4.78, 5) is 17.5. The average molecular weight is 303 g/mol. The number of carboxylic acids is 1. The molecule has 0 atom stereocenters. The molecule has 20 heavy (non-hydrogen) atoms. The van der Waals surface area contributed by atoms with Crippen LogP contribution in [0.4, 0.5) is 0 Å². The standard InChI is InChI=1S/C12H17NO6S/c1-3-7-18-11-6-5-9(8-10(11)12(14)15)20(16,17)13-19-4-2/h5-6,8,13H,3-4,7H2,1-2H3,(H,14,15). The first-order valence-corrected chi connectivity index (χ1v) is 7.54. The number of carboxylic acid groups (broad SMARTS) is 1. The average Bonchev–Trinajstić information content (AvgIpc) is 2.42. The summed E-state index contributed by atoms with van der Waals surface area (Å²) >= 11 is 0. The maximum absolute atomic E-state index is 11.8. The molecule has 0 heterocycles. The Morgan fingerprint density at radius 3 is 2.60 bits per heavy atom. The lowest BCUT2D eigenvalue weighted by molar-refractivity contribution is 0.0692. The van der Waals surface area contributed by atoms with Gasteiger partial charge in [0.1, 0.15) is 11.3 Å². The molecule has 1 aromatic rings. The third-order valence-corrected chi connectivity index (χ3v) is 3.48. The fourth-order valence-electron chi connectivity index (χ4n) is 1.37. The summed E-state index contributed by atoms with van der Waals surface area (Å²) in [6.07, 6.45) is 0.713. The van der Waals surface area contributed by atoms with Crippen LogP contribution in [0.15, 0.2) is 23.1 Å². The molecule has 8 heteroatoms. The van der Waals surface area contributed by atoms with Crippen molar-refractivity contribution in [3.8, 4) is 5.75 Å². The molecular formula is C12H17NO6S. The van der Waals surface area contributed by atoms with Crippen LogP contribution < -0.4 is 9.62 Å². The molecule has 0 unspecified atom stereocenters. The molecule has 0 bridgehead atoms. The zero-order valence-electron chi connectivity index (χ0n) is 11.3. The van der Waals surface area contributed by atoms with E-state index in [9.17, 15) is 13.2 Å². The van der Waals surface area contributed by atoms with Crippen LogP contribution in [0.25, 0.3) is 0 Å².